The van der Waals surface area contributed by atoms with Crippen LogP contribution in [0.25, 0.3) is 5.69 Å². The van der Waals surface area contributed by atoms with Crippen molar-refractivity contribution in [2.24, 2.45) is 11.1 Å². The zero-order chi connectivity index (χ0) is 25.1. The number of carbonyl (C=O) groups excluding carboxylic acids is 2. The number of nitrogens with zero attached hydrogens (tertiary/aromatic N) is 5. The van der Waals surface area contributed by atoms with Gasteiger partial charge in [-0.3, -0.25) is 9.59 Å². The van der Waals surface area contributed by atoms with Crippen LogP contribution in [0.1, 0.15) is 52.5 Å². The molecular weight excluding hydrogens is 439 g/mol. The van der Waals surface area contributed by atoms with E-state index < -0.39 is 35.1 Å². The van der Waals surface area contributed by atoms with Gasteiger partial charge in [0.15, 0.2) is 6.33 Å². The van der Waals surface area contributed by atoms with Crippen LogP contribution in [-0.4, -0.2) is 55.5 Å². The molecule has 2 aromatic rings. The lowest BCUT2D eigenvalue weighted by Gasteiger charge is -2.29. The first-order chi connectivity index (χ1) is 15.9. The number of alkyl halides is 3. The molecule has 1 aliphatic rings. The molecule has 1 aromatic heterocycles. The van der Waals surface area contributed by atoms with E-state index in [1.807, 2.05) is 13.8 Å². The fourth-order valence-corrected chi connectivity index (χ4v) is 3.87. The Bertz CT molecular complexity index is 1010. The average molecular weight is 469 g/mol. The molecule has 2 atom stereocenters. The largest absolute Gasteiger partial charge is 0.416 e. The van der Waals surface area contributed by atoms with Gasteiger partial charge in [-0.25, -0.2) is 0 Å². The van der Waals surface area contributed by atoms with Gasteiger partial charge in [-0.15, -0.1) is 15.0 Å². The van der Waals surface area contributed by atoms with Crippen molar-refractivity contribution in [3.05, 3.63) is 35.7 Å². The highest BCUT2D eigenvalue weighted by Crippen LogP contribution is 2.31. The molecule has 3 rings (SSSR count). The summed E-state index contributed by atoms with van der Waals surface area (Å²) in [6.07, 6.45) is -2.08. The highest BCUT2D eigenvalue weighted by atomic mass is 19.4. The van der Waals surface area contributed by atoms with Crippen molar-refractivity contribution in [3.8, 4) is 5.69 Å². The van der Waals surface area contributed by atoms with Crippen molar-refractivity contribution < 1.29 is 24.1 Å². The number of likely N-dealkylation sites (tertiary alicyclic amines) is 1. The van der Waals surface area contributed by atoms with E-state index >= 15 is 0 Å². The predicted octanol–water partition coefficient (Wildman–Crippen LogP) is 2.05. The van der Waals surface area contributed by atoms with Crippen molar-refractivity contribution in [1.82, 2.24) is 30.4 Å². The molecule has 9 nitrogen and oxygen atoms in total. The van der Waals surface area contributed by atoms with Gasteiger partial charge in [0.1, 0.15) is 6.04 Å². The molecule has 2 amide bonds. The number of nitrogens with two attached hydrogens (primary N) is 1. The first kappa shape index (κ1) is 23.1. The van der Waals surface area contributed by atoms with E-state index in [1.54, 1.807) is 0 Å². The van der Waals surface area contributed by atoms with Crippen molar-refractivity contribution in [1.29, 1.82) is 0 Å². The molecule has 1 fully saturated rings. The molecule has 3 N–H and O–H groups in total. The molecular formula is C21H28F3N7O2. The van der Waals surface area contributed by atoms with Crippen molar-refractivity contribution in [2.45, 2.75) is 64.8 Å². The molecule has 1 saturated heterocycles. The Balaban J connectivity index is 1.74. The number of aromatic nitrogens is 4. The molecule has 0 saturated carbocycles. The molecule has 0 unspecified atom stereocenters. The van der Waals surface area contributed by atoms with Crippen LogP contribution in [0, 0.1) is 5.41 Å². The Labute approximate surface area is 190 Å². The Morgan fingerprint density at radius 2 is 2.12 bits per heavy atom. The van der Waals surface area contributed by atoms with Gasteiger partial charge in [-0.1, -0.05) is 20.7 Å². The standard InChI is InChI=1S/C21H28F3N7O2/c1-20(2,3)10-15(25)19(33)30-8-4-5-17(30)18(32)26-11-13-9-14(21(22,23)24)6-7-16(13)31-28-12-27-29-31/h6-7,9,12,15,17H,4-5,8,10-11,25H2,1-3H3,(H,26,32)/t15-,17-/m0/s1/i1D. The molecule has 0 spiro atoms. The normalized spacial score (nSPS) is 18.2. The number of carbonyl (C=O) groups is 2. The third kappa shape index (κ3) is 6.06. The predicted molar refractivity (Wildman–Crippen MR) is 113 cm³/mol. The maximum Gasteiger partial charge on any atom is 0.416 e. The second kappa shape index (κ2) is 9.46. The first-order valence-electron chi connectivity index (χ1n) is 11.2. The Morgan fingerprint density at radius 1 is 1.36 bits per heavy atom. The minimum Gasteiger partial charge on any atom is -0.350 e. The smallest absolute Gasteiger partial charge is 0.350 e. The number of benzene rings is 1. The van der Waals surface area contributed by atoms with Crippen molar-refractivity contribution in [3.63, 3.8) is 0 Å². The third-order valence-electron chi connectivity index (χ3n) is 5.35. The topological polar surface area (TPSA) is 119 Å². The Morgan fingerprint density at radius 3 is 2.76 bits per heavy atom. The zero-order valence-electron chi connectivity index (χ0n) is 19.5. The molecule has 33 heavy (non-hydrogen) atoms. The van der Waals surface area contributed by atoms with Gasteiger partial charge in [-0.05, 0) is 53.7 Å². The lowest BCUT2D eigenvalue weighted by atomic mass is 9.88. The number of hydrogen-bond donors (Lipinski definition) is 2. The van der Waals surface area contributed by atoms with Crippen molar-refractivity contribution >= 4 is 11.8 Å². The van der Waals surface area contributed by atoms with Gasteiger partial charge in [0.2, 0.25) is 11.8 Å². The summed E-state index contributed by atoms with van der Waals surface area (Å²) in [7, 11) is 0. The van der Waals surface area contributed by atoms with Gasteiger partial charge in [0.05, 0.1) is 17.3 Å². The fraction of sp³-hybridized carbons (Fsp3) is 0.571. The molecule has 2 heterocycles. The van der Waals surface area contributed by atoms with E-state index in [1.165, 1.54) is 11.0 Å². The second-order valence-corrected chi connectivity index (χ2v) is 8.95. The maximum atomic E-state index is 13.2. The van der Waals surface area contributed by atoms with Crippen LogP contribution in [-0.2, 0) is 22.3 Å². The molecule has 1 aromatic carbocycles. The SMILES string of the molecule is [2H]CC(C)(C)C[C@H](N)C(=O)N1CCC[C@H]1C(=O)NCc1cc(C(F)(F)F)ccc1-n1ncnn1. The summed E-state index contributed by atoms with van der Waals surface area (Å²) in [6, 6.07) is 1.43. The van der Waals surface area contributed by atoms with Crippen LogP contribution in [0.3, 0.4) is 0 Å². The number of halogens is 3. The summed E-state index contributed by atoms with van der Waals surface area (Å²) < 4.78 is 47.3. The first-order valence-corrected chi connectivity index (χ1v) is 10.5. The van der Waals surface area contributed by atoms with E-state index in [-0.39, 0.29) is 30.6 Å². The van der Waals surface area contributed by atoms with Crippen molar-refractivity contribution in [2.75, 3.05) is 6.54 Å². The quantitative estimate of drug-likeness (QED) is 0.670. The lowest BCUT2D eigenvalue weighted by molar-refractivity contribution is -0.140. The third-order valence-corrected chi connectivity index (χ3v) is 5.35. The number of tetrazole rings is 1. The monoisotopic (exact) mass is 468 g/mol. The van der Waals surface area contributed by atoms with E-state index in [9.17, 15) is 22.8 Å². The number of rotatable bonds is 6. The van der Waals surface area contributed by atoms with Crippen LogP contribution < -0.4 is 11.1 Å². The van der Waals surface area contributed by atoms with Crippen LogP contribution in [0.5, 0.6) is 0 Å². The molecule has 1 aliphatic heterocycles. The summed E-state index contributed by atoms with van der Waals surface area (Å²) in [6.45, 7) is 3.94. The molecule has 0 radical (unpaired) electrons. The van der Waals surface area contributed by atoms with Crippen LogP contribution in [0.2, 0.25) is 0 Å². The summed E-state index contributed by atoms with van der Waals surface area (Å²) >= 11 is 0. The summed E-state index contributed by atoms with van der Waals surface area (Å²) in [5.41, 5.74) is 5.15. The van der Waals surface area contributed by atoms with E-state index in [0.29, 0.717) is 25.8 Å². The Kier molecular flexibility index (Phi) is 6.63. The number of amides is 2. The summed E-state index contributed by atoms with van der Waals surface area (Å²) in [5.74, 6) is -0.849. The number of hydrogen-bond acceptors (Lipinski definition) is 6. The van der Waals surface area contributed by atoms with Gasteiger partial charge < -0.3 is 16.0 Å². The molecule has 0 bridgehead atoms. The summed E-state index contributed by atoms with van der Waals surface area (Å²) in [4.78, 5) is 28.3. The fourth-order valence-electron chi connectivity index (χ4n) is 3.87. The van der Waals surface area contributed by atoms with E-state index in [4.69, 9.17) is 7.10 Å². The van der Waals surface area contributed by atoms with Gasteiger partial charge >= 0.3 is 6.18 Å². The number of nitrogens with one attached hydrogen (secondary N) is 1. The molecule has 180 valence electrons. The molecule has 0 aliphatic carbocycles. The maximum absolute atomic E-state index is 13.2. The minimum atomic E-state index is -4.56. The second-order valence-electron chi connectivity index (χ2n) is 8.95. The van der Waals surface area contributed by atoms with Crippen LogP contribution in [0.15, 0.2) is 24.5 Å². The average Bonchev–Trinajstić information content (AvgIpc) is 3.48. The summed E-state index contributed by atoms with van der Waals surface area (Å²) in [5, 5.41) is 13.8. The van der Waals surface area contributed by atoms with E-state index in [2.05, 4.69) is 20.7 Å². The van der Waals surface area contributed by atoms with Crippen LogP contribution >= 0.6 is 0 Å². The minimum absolute atomic E-state index is 0.109. The van der Waals surface area contributed by atoms with Crippen LogP contribution in [0.4, 0.5) is 13.2 Å². The Hall–Kier alpha value is -3.02. The van der Waals surface area contributed by atoms with E-state index in [0.717, 1.165) is 23.3 Å². The zero-order valence-corrected chi connectivity index (χ0v) is 18.5. The van der Waals surface area contributed by atoms with Gasteiger partial charge in [0, 0.05) is 14.5 Å². The highest BCUT2D eigenvalue weighted by Gasteiger charge is 2.37. The molecule has 12 heteroatoms. The van der Waals surface area contributed by atoms with Gasteiger partial charge in [0.25, 0.3) is 0 Å². The lowest BCUT2D eigenvalue weighted by Crippen LogP contribution is -2.51. The highest BCUT2D eigenvalue weighted by molar-refractivity contribution is 5.90. The van der Waals surface area contributed by atoms with Gasteiger partial charge in [-0.2, -0.15) is 13.2 Å².